The minimum absolute atomic E-state index is 0.395. The Labute approximate surface area is 283 Å². The van der Waals surface area contributed by atoms with E-state index in [1.165, 1.54) is 22.3 Å². The zero-order chi connectivity index (χ0) is 34.7. The Morgan fingerprint density at radius 3 is 0.936 bits per heavy atom. The lowest BCUT2D eigenvalue weighted by atomic mass is 9.66. The van der Waals surface area contributed by atoms with E-state index in [1.54, 1.807) is 0 Å². The monoisotopic (exact) mass is 638 g/mol. The third-order valence-corrected chi connectivity index (χ3v) is 8.93. The Morgan fingerprint density at radius 2 is 0.681 bits per heavy atom. The standard InChI is InChI=1S/C41H56N4O2/c1-42(2,3)25-29-21-33(22-30(39(29)46)26-43(4,5)6)41(37-19-15-13-17-35(37)36-18-14-16-20-38(36)41)34-23-31(27-44(7,8)9)40(47)32(24-34)28-45(10,11)12/h13-24H,25-28H2,1-12H3/q+2/p+2. The summed E-state index contributed by atoms with van der Waals surface area (Å²) in [4.78, 5) is 0. The normalized spacial score (nSPS) is 14.6. The van der Waals surface area contributed by atoms with Crippen molar-refractivity contribution in [3.8, 4) is 22.6 Å². The van der Waals surface area contributed by atoms with Gasteiger partial charge in [-0.3, -0.25) is 0 Å². The highest BCUT2D eigenvalue weighted by Gasteiger charge is 2.47. The number of phenols is 2. The first-order valence-electron chi connectivity index (χ1n) is 16.7. The Balaban J connectivity index is 1.98. The maximum atomic E-state index is 11.9. The number of rotatable bonds is 10. The predicted octanol–water partition coefficient (Wildman–Crippen LogP) is 6.29. The molecule has 0 heterocycles. The van der Waals surface area contributed by atoms with E-state index in [1.807, 2.05) is 0 Å². The fourth-order valence-corrected chi connectivity index (χ4v) is 7.50. The first-order valence-corrected chi connectivity index (χ1v) is 16.7. The number of hydrogen-bond acceptors (Lipinski definition) is 2. The van der Waals surface area contributed by atoms with Crippen LogP contribution in [0.4, 0.5) is 0 Å². The molecule has 0 aliphatic heterocycles. The summed E-state index contributed by atoms with van der Waals surface area (Å²) in [5, 5.41) is 23.7. The summed E-state index contributed by atoms with van der Waals surface area (Å²) < 4.78 is 2.78. The van der Waals surface area contributed by atoms with Crippen molar-refractivity contribution >= 4 is 0 Å². The van der Waals surface area contributed by atoms with Crippen molar-refractivity contribution < 1.29 is 28.1 Å². The largest absolute Gasteiger partial charge is 0.507 e. The van der Waals surface area contributed by atoms with Gasteiger partial charge in [-0.05, 0) is 57.6 Å². The van der Waals surface area contributed by atoms with Crippen LogP contribution in [0.15, 0.2) is 72.8 Å². The van der Waals surface area contributed by atoms with E-state index in [4.69, 9.17) is 0 Å². The van der Waals surface area contributed by atoms with Gasteiger partial charge in [-0.25, -0.2) is 0 Å². The Bertz CT molecular complexity index is 1590. The van der Waals surface area contributed by atoms with Crippen molar-refractivity contribution in [2.45, 2.75) is 31.6 Å². The zero-order valence-corrected chi connectivity index (χ0v) is 30.9. The fraction of sp³-hybridized carbons (Fsp3) is 0.415. The van der Waals surface area contributed by atoms with Gasteiger partial charge in [0.25, 0.3) is 0 Å². The van der Waals surface area contributed by atoms with Gasteiger partial charge in [0, 0.05) is 22.3 Å². The lowest BCUT2D eigenvalue weighted by molar-refractivity contribution is -0.884. The lowest BCUT2D eigenvalue weighted by Crippen LogP contribution is -2.36. The van der Waals surface area contributed by atoms with Gasteiger partial charge in [-0.2, -0.15) is 0 Å². The number of phenolic OH excluding ortho intramolecular Hbond substituents is 2. The van der Waals surface area contributed by atoms with Crippen LogP contribution in [0.25, 0.3) is 11.1 Å². The Morgan fingerprint density at radius 1 is 0.426 bits per heavy atom. The highest BCUT2D eigenvalue weighted by Crippen LogP contribution is 2.57. The van der Waals surface area contributed by atoms with Gasteiger partial charge in [0.05, 0.1) is 90.0 Å². The molecule has 0 radical (unpaired) electrons. The first kappa shape index (κ1) is 34.6. The van der Waals surface area contributed by atoms with E-state index < -0.39 is 5.41 Å². The fourth-order valence-electron chi connectivity index (χ4n) is 7.50. The number of quaternary nitrogens is 4. The number of aromatic hydroxyl groups is 2. The zero-order valence-electron chi connectivity index (χ0n) is 30.9. The summed E-state index contributed by atoms with van der Waals surface area (Å²) in [5.41, 5.74) is 10.4. The maximum absolute atomic E-state index is 11.9. The van der Waals surface area contributed by atoms with Crippen molar-refractivity contribution in [3.63, 3.8) is 0 Å². The maximum Gasteiger partial charge on any atom is 0.133 e. The third-order valence-electron chi connectivity index (χ3n) is 8.93. The van der Waals surface area contributed by atoms with Crippen LogP contribution >= 0.6 is 0 Å². The van der Waals surface area contributed by atoms with E-state index in [-0.39, 0.29) is 0 Å². The molecule has 1 aliphatic carbocycles. The van der Waals surface area contributed by atoms with Crippen molar-refractivity contribution in [1.82, 2.24) is 0 Å². The smallest absolute Gasteiger partial charge is 0.133 e. The van der Waals surface area contributed by atoms with E-state index in [0.717, 1.165) is 33.4 Å². The summed E-state index contributed by atoms with van der Waals surface area (Å²) in [6.45, 7) is 2.77. The molecule has 0 unspecified atom stereocenters. The summed E-state index contributed by atoms with van der Waals surface area (Å²) in [5.74, 6) is 0.790. The van der Waals surface area contributed by atoms with Gasteiger partial charge in [0.15, 0.2) is 0 Å². The molecule has 250 valence electrons. The highest BCUT2D eigenvalue weighted by molar-refractivity contribution is 5.86. The SMILES string of the molecule is C[N+](C)(C)Cc1cc(C2(c3cc(C[N+](C)(C)C)c(O)c(C[N+](C)(C)C)c3)c3ccccc3-c3ccccc32)cc(C[N+](C)(C)C)c1O. The topological polar surface area (TPSA) is 40.5 Å². The summed E-state index contributed by atoms with van der Waals surface area (Å²) in [7, 11) is 26.1. The Kier molecular flexibility index (Phi) is 8.68. The molecule has 2 N–H and O–H groups in total. The molecule has 47 heavy (non-hydrogen) atoms. The molecule has 1 aliphatic rings. The first-order chi connectivity index (χ1) is 21.6. The van der Waals surface area contributed by atoms with Crippen LogP contribution in [0, 0.1) is 0 Å². The van der Waals surface area contributed by atoms with Crippen LogP contribution in [0.5, 0.6) is 11.5 Å². The molecule has 6 nitrogen and oxygen atoms in total. The molecule has 0 bridgehead atoms. The average molecular weight is 639 g/mol. The van der Waals surface area contributed by atoms with Gasteiger partial charge in [-0.1, -0.05) is 48.5 Å². The second kappa shape index (κ2) is 11.8. The molecule has 4 aromatic rings. The third kappa shape index (κ3) is 7.12. The second-order valence-corrected chi connectivity index (χ2v) is 17.9. The number of benzene rings is 4. The summed E-state index contributed by atoms with van der Waals surface area (Å²) >= 11 is 0. The average Bonchev–Trinajstić information content (AvgIpc) is 3.21. The van der Waals surface area contributed by atoms with E-state index in [2.05, 4.69) is 157 Å². The Hall–Kier alpha value is -3.68. The molecule has 0 amide bonds. The molecule has 0 aromatic heterocycles. The van der Waals surface area contributed by atoms with E-state index in [0.29, 0.717) is 55.6 Å². The van der Waals surface area contributed by atoms with Crippen LogP contribution in [-0.4, -0.2) is 113 Å². The van der Waals surface area contributed by atoms with Crippen LogP contribution in [0.3, 0.4) is 0 Å². The quantitative estimate of drug-likeness (QED) is 0.177. The van der Waals surface area contributed by atoms with E-state index in [9.17, 15) is 10.2 Å². The number of nitrogens with zero attached hydrogens (tertiary/aromatic N) is 4. The molecule has 0 saturated heterocycles. The van der Waals surface area contributed by atoms with Gasteiger partial charge >= 0.3 is 0 Å². The lowest BCUT2D eigenvalue weighted by Gasteiger charge is -2.37. The van der Waals surface area contributed by atoms with E-state index >= 15 is 0 Å². The summed E-state index contributed by atoms with van der Waals surface area (Å²) in [6.07, 6.45) is 0. The minimum Gasteiger partial charge on any atom is -0.507 e. The van der Waals surface area contributed by atoms with Crippen LogP contribution in [0.2, 0.25) is 0 Å². The van der Waals surface area contributed by atoms with Crippen LogP contribution < -0.4 is 0 Å². The van der Waals surface area contributed by atoms with Crippen LogP contribution in [-0.2, 0) is 31.6 Å². The van der Waals surface area contributed by atoms with Gasteiger partial charge < -0.3 is 28.1 Å². The molecule has 6 heteroatoms. The molecule has 5 rings (SSSR count). The molecular weight excluding hydrogens is 580 g/mol. The van der Waals surface area contributed by atoms with Crippen LogP contribution in [0.1, 0.15) is 44.5 Å². The molecular formula is C41H58N4O2+4. The summed E-state index contributed by atoms with van der Waals surface area (Å²) in [6, 6.07) is 26.7. The molecule has 0 fully saturated rings. The van der Waals surface area contributed by atoms with Gasteiger partial charge in [-0.15, -0.1) is 0 Å². The van der Waals surface area contributed by atoms with Gasteiger partial charge in [0.2, 0.25) is 0 Å². The predicted molar refractivity (Wildman–Crippen MR) is 194 cm³/mol. The highest BCUT2D eigenvalue weighted by atomic mass is 16.3. The van der Waals surface area contributed by atoms with Gasteiger partial charge in [0.1, 0.15) is 37.7 Å². The molecule has 4 aromatic carbocycles. The van der Waals surface area contributed by atoms with Crippen molar-refractivity contribution in [2.75, 3.05) is 84.6 Å². The van der Waals surface area contributed by atoms with Crippen molar-refractivity contribution in [1.29, 1.82) is 0 Å². The molecule has 0 atom stereocenters. The van der Waals surface area contributed by atoms with Crippen molar-refractivity contribution in [3.05, 3.63) is 117 Å². The minimum atomic E-state index is -0.660. The molecule has 0 saturated carbocycles. The second-order valence-electron chi connectivity index (χ2n) is 17.9. The molecule has 0 spiro atoms. The number of hydrogen-bond donors (Lipinski definition) is 2. The van der Waals surface area contributed by atoms with Crippen molar-refractivity contribution in [2.24, 2.45) is 0 Å². The number of fused-ring (bicyclic) bond motifs is 3.